The van der Waals surface area contributed by atoms with Crippen LogP contribution in [0.4, 0.5) is 4.39 Å². The number of carbonyl (C=O) groups excluding carboxylic acids is 1. The van der Waals surface area contributed by atoms with Gasteiger partial charge in [-0.25, -0.2) is 13.8 Å². The molecule has 1 aromatic heterocycles. The molecule has 2 aromatic rings. The number of aliphatic hydroxyl groups excluding tert-OH is 1. The molecule has 1 aromatic carbocycles. The highest BCUT2D eigenvalue weighted by molar-refractivity contribution is 7.52. The number of halogens is 2. The fraction of sp³-hybridized carbons (Fsp3) is 0.476. The van der Waals surface area contributed by atoms with Crippen LogP contribution in [0.2, 0.25) is 0 Å². The first-order valence-corrected chi connectivity index (χ1v) is 12.7. The summed E-state index contributed by atoms with van der Waals surface area (Å²) in [4.78, 5) is 37.6. The van der Waals surface area contributed by atoms with Crippen molar-refractivity contribution in [3.05, 3.63) is 63.4 Å². The summed E-state index contributed by atoms with van der Waals surface area (Å²) in [6.07, 6.45) is -4.91. The Labute approximate surface area is 209 Å². The monoisotopic (exact) mass is 549 g/mol. The highest BCUT2D eigenvalue weighted by atomic mass is 35.5. The lowest BCUT2D eigenvalue weighted by molar-refractivity contribution is -0.149. The zero-order valence-corrected chi connectivity index (χ0v) is 21.1. The summed E-state index contributed by atoms with van der Waals surface area (Å²) in [5.41, 5.74) is -1.76. The van der Waals surface area contributed by atoms with Gasteiger partial charge in [-0.05, 0) is 32.9 Å². The minimum atomic E-state index is -4.35. The zero-order chi connectivity index (χ0) is 26.7. The third-order valence-corrected chi connectivity index (χ3v) is 6.97. The number of hydrogen-bond acceptors (Lipinski definition) is 9. The van der Waals surface area contributed by atoms with Gasteiger partial charge in [0, 0.05) is 12.3 Å². The Hall–Kier alpha value is -2.54. The molecule has 198 valence electrons. The van der Waals surface area contributed by atoms with E-state index in [1.54, 1.807) is 32.0 Å². The van der Waals surface area contributed by atoms with Crippen LogP contribution in [-0.4, -0.2) is 56.7 Å². The molecule has 0 saturated carbocycles. The fourth-order valence-electron chi connectivity index (χ4n) is 3.22. The lowest BCUT2D eigenvalue weighted by Crippen LogP contribution is -2.42. The van der Waals surface area contributed by atoms with Gasteiger partial charge < -0.3 is 19.1 Å². The van der Waals surface area contributed by atoms with E-state index in [2.05, 4.69) is 5.09 Å². The first kappa shape index (κ1) is 28.0. The Morgan fingerprint density at radius 1 is 1.31 bits per heavy atom. The van der Waals surface area contributed by atoms with E-state index in [0.717, 1.165) is 12.3 Å². The molecule has 12 nitrogen and oxygen atoms in total. The summed E-state index contributed by atoms with van der Waals surface area (Å²) < 4.78 is 50.8. The van der Waals surface area contributed by atoms with E-state index in [-0.39, 0.29) is 5.75 Å². The normalized spacial score (nSPS) is 26.4. The number of aromatic nitrogens is 2. The van der Waals surface area contributed by atoms with E-state index in [0.29, 0.717) is 4.57 Å². The Morgan fingerprint density at radius 2 is 1.97 bits per heavy atom. The molecule has 3 rings (SSSR count). The van der Waals surface area contributed by atoms with Gasteiger partial charge in [-0.1, -0.05) is 29.8 Å². The van der Waals surface area contributed by atoms with Crippen LogP contribution in [-0.2, 0) is 23.4 Å². The maximum Gasteiger partial charge on any atom is 0.459 e. The standard InChI is InChI=1S/C21H26ClFN3O9P/c1-12(2)33-18(29)13(3)25-36(31,35-14-7-5-4-6-8-14)32-11-15-17(28)21(22,23)19(34-15)26-10-9-16(27)24-20(26)30/h4-10,12-13,15,17,19,28H,11H2,1-3H3,(H,25,31)(H,24,27,30)/t13-,15?,17-,19+,21+,36?/m0/s1. The smallest absolute Gasteiger partial charge is 0.459 e. The molecule has 2 unspecified atom stereocenters. The second-order valence-electron chi connectivity index (χ2n) is 8.20. The topological polar surface area (TPSA) is 158 Å². The lowest BCUT2D eigenvalue weighted by atomic mass is 10.1. The summed E-state index contributed by atoms with van der Waals surface area (Å²) in [6.45, 7) is 3.93. The van der Waals surface area contributed by atoms with Crippen LogP contribution in [0.3, 0.4) is 0 Å². The van der Waals surface area contributed by atoms with E-state index in [9.17, 15) is 24.1 Å². The predicted molar refractivity (Wildman–Crippen MR) is 125 cm³/mol. The molecule has 0 amide bonds. The SMILES string of the molecule is CC(C)OC(=O)[C@H](C)NP(=O)(OCC1O[C@@H](n2ccc(=O)[nH]c2=O)[C@@](F)(Cl)[C@H]1O)Oc1ccccc1. The highest BCUT2D eigenvalue weighted by Crippen LogP contribution is 2.48. The largest absolute Gasteiger partial charge is 0.462 e. The molecular formula is C21H26ClFN3O9P. The molecule has 0 radical (unpaired) electrons. The van der Waals surface area contributed by atoms with Gasteiger partial charge >= 0.3 is 19.4 Å². The van der Waals surface area contributed by atoms with Crippen LogP contribution < -0.4 is 20.9 Å². The van der Waals surface area contributed by atoms with Gasteiger partial charge in [0.2, 0.25) is 0 Å². The average molecular weight is 550 g/mol. The molecule has 1 fully saturated rings. The minimum absolute atomic E-state index is 0.125. The molecule has 36 heavy (non-hydrogen) atoms. The van der Waals surface area contributed by atoms with Crippen molar-refractivity contribution >= 4 is 25.3 Å². The van der Waals surface area contributed by atoms with Gasteiger partial charge in [-0.2, -0.15) is 5.09 Å². The quantitative estimate of drug-likeness (QED) is 0.227. The third kappa shape index (κ3) is 6.61. The molecule has 0 spiro atoms. The second kappa shape index (κ2) is 11.2. The first-order chi connectivity index (χ1) is 16.8. The van der Waals surface area contributed by atoms with E-state index >= 15 is 4.39 Å². The van der Waals surface area contributed by atoms with Gasteiger partial charge in [-0.3, -0.25) is 23.7 Å². The van der Waals surface area contributed by atoms with Crippen molar-refractivity contribution in [2.45, 2.75) is 56.5 Å². The number of benzene rings is 1. The molecule has 1 aliphatic rings. The highest BCUT2D eigenvalue weighted by Gasteiger charge is 2.58. The van der Waals surface area contributed by atoms with Gasteiger partial charge in [0.05, 0.1) is 12.7 Å². The summed E-state index contributed by atoms with van der Waals surface area (Å²) in [5, 5.41) is 9.86. The summed E-state index contributed by atoms with van der Waals surface area (Å²) in [6, 6.07) is 7.68. The van der Waals surface area contributed by atoms with Crippen molar-refractivity contribution in [3.8, 4) is 5.75 Å². The zero-order valence-electron chi connectivity index (χ0n) is 19.5. The third-order valence-electron chi connectivity index (χ3n) is 4.92. The number of para-hydroxylation sites is 1. The van der Waals surface area contributed by atoms with Crippen molar-refractivity contribution in [3.63, 3.8) is 0 Å². The number of H-pyrrole nitrogens is 1. The first-order valence-electron chi connectivity index (χ1n) is 10.8. The van der Waals surface area contributed by atoms with Crippen molar-refractivity contribution in [1.29, 1.82) is 0 Å². The van der Waals surface area contributed by atoms with Gasteiger partial charge in [0.1, 0.15) is 24.0 Å². The number of carbonyl (C=O) groups is 1. The Kier molecular flexibility index (Phi) is 8.75. The Bertz CT molecular complexity index is 1220. The molecule has 2 heterocycles. The van der Waals surface area contributed by atoms with Crippen LogP contribution in [0, 0.1) is 0 Å². The average Bonchev–Trinajstić information content (AvgIpc) is 3.01. The number of aliphatic hydroxyl groups is 1. The van der Waals surface area contributed by atoms with E-state index < -0.39 is 67.3 Å². The molecule has 1 aliphatic heterocycles. The number of rotatable bonds is 10. The van der Waals surface area contributed by atoms with E-state index in [1.807, 2.05) is 4.98 Å². The van der Waals surface area contributed by atoms with Crippen LogP contribution >= 0.6 is 19.3 Å². The number of nitrogens with one attached hydrogen (secondary N) is 2. The van der Waals surface area contributed by atoms with Gasteiger partial charge in [0.15, 0.2) is 6.23 Å². The summed E-state index contributed by atoms with van der Waals surface area (Å²) >= 11 is 5.85. The lowest BCUT2D eigenvalue weighted by Gasteiger charge is -2.25. The number of hydrogen-bond donors (Lipinski definition) is 3. The van der Waals surface area contributed by atoms with Crippen molar-refractivity contribution in [1.82, 2.24) is 14.6 Å². The Balaban J connectivity index is 1.80. The van der Waals surface area contributed by atoms with Crippen LogP contribution in [0.1, 0.15) is 27.0 Å². The molecule has 15 heteroatoms. The molecule has 0 aliphatic carbocycles. The molecule has 0 bridgehead atoms. The number of ether oxygens (including phenoxy) is 2. The van der Waals surface area contributed by atoms with Crippen LogP contribution in [0.25, 0.3) is 0 Å². The van der Waals surface area contributed by atoms with Gasteiger partial charge in [0.25, 0.3) is 10.7 Å². The summed E-state index contributed by atoms with van der Waals surface area (Å²) in [5.74, 6) is -0.607. The van der Waals surface area contributed by atoms with E-state index in [1.165, 1.54) is 19.1 Å². The van der Waals surface area contributed by atoms with Crippen LogP contribution in [0.15, 0.2) is 52.2 Å². The number of alkyl halides is 2. The molecule has 6 atom stereocenters. The van der Waals surface area contributed by atoms with Crippen molar-refractivity contribution in [2.24, 2.45) is 0 Å². The molecule has 3 N–H and O–H groups in total. The predicted octanol–water partition coefficient (Wildman–Crippen LogP) is 1.83. The number of aromatic amines is 1. The second-order valence-corrected chi connectivity index (χ2v) is 10.5. The minimum Gasteiger partial charge on any atom is -0.462 e. The number of esters is 1. The maximum atomic E-state index is 15.2. The number of nitrogens with zero attached hydrogens (tertiary/aromatic N) is 1. The Morgan fingerprint density at radius 3 is 2.58 bits per heavy atom. The van der Waals surface area contributed by atoms with Crippen LogP contribution in [0.5, 0.6) is 5.75 Å². The van der Waals surface area contributed by atoms with Gasteiger partial charge in [-0.15, -0.1) is 0 Å². The van der Waals surface area contributed by atoms with Crippen molar-refractivity contribution in [2.75, 3.05) is 6.61 Å². The summed E-state index contributed by atoms with van der Waals surface area (Å²) in [7, 11) is -4.35. The van der Waals surface area contributed by atoms with E-state index in [4.69, 9.17) is 30.1 Å². The molecule has 1 saturated heterocycles. The molecular weight excluding hydrogens is 524 g/mol. The maximum absolute atomic E-state index is 15.2. The van der Waals surface area contributed by atoms with Crippen molar-refractivity contribution < 1.29 is 37.4 Å². The fourth-order valence-corrected chi connectivity index (χ4v) is 5.02.